The summed E-state index contributed by atoms with van der Waals surface area (Å²) in [6, 6.07) is 16.2. The number of carbonyl (C=O) groups is 2. The van der Waals surface area contributed by atoms with Gasteiger partial charge in [-0.15, -0.1) is 0 Å². The van der Waals surface area contributed by atoms with Gasteiger partial charge in [-0.3, -0.25) is 14.6 Å². The number of nitrogens with zero attached hydrogens (tertiary/aromatic N) is 5. The normalized spacial score (nSPS) is 18.4. The molecule has 8 nitrogen and oxygen atoms in total. The van der Waals surface area contributed by atoms with E-state index in [0.717, 1.165) is 27.1 Å². The lowest BCUT2D eigenvalue weighted by atomic mass is 10.1. The van der Waals surface area contributed by atoms with Crippen molar-refractivity contribution in [3.05, 3.63) is 99.0 Å². The first-order valence-corrected chi connectivity index (χ1v) is 12.8. The molecule has 2 amide bonds. The monoisotopic (exact) mass is 573 g/mol. The lowest BCUT2D eigenvalue weighted by Crippen LogP contribution is -2.32. The van der Waals surface area contributed by atoms with Gasteiger partial charge < -0.3 is 9.64 Å². The van der Waals surface area contributed by atoms with Crippen LogP contribution in [0.4, 0.5) is 4.39 Å². The molecule has 0 aliphatic carbocycles. The zero-order valence-electron chi connectivity index (χ0n) is 20.2. The molecule has 190 valence electrons. The van der Waals surface area contributed by atoms with Crippen LogP contribution in [-0.4, -0.2) is 44.1 Å². The lowest BCUT2D eigenvalue weighted by Gasteiger charge is -2.23. The van der Waals surface area contributed by atoms with Gasteiger partial charge in [0.05, 0.1) is 22.9 Å². The summed E-state index contributed by atoms with van der Waals surface area (Å²) in [4.78, 5) is 34.7. The first-order valence-electron chi connectivity index (χ1n) is 12.0. The number of benzene rings is 2. The van der Waals surface area contributed by atoms with E-state index in [1.807, 2.05) is 48.7 Å². The van der Waals surface area contributed by atoms with Gasteiger partial charge in [-0.25, -0.2) is 14.1 Å². The molecule has 0 radical (unpaired) electrons. The average molecular weight is 574 g/mol. The van der Waals surface area contributed by atoms with Crippen molar-refractivity contribution in [2.24, 2.45) is 4.99 Å². The van der Waals surface area contributed by atoms with E-state index >= 15 is 0 Å². The maximum Gasteiger partial charge on any atom is 0.270 e. The molecule has 0 saturated carbocycles. The summed E-state index contributed by atoms with van der Waals surface area (Å²) in [6.07, 6.45) is 3.67. The van der Waals surface area contributed by atoms with Crippen LogP contribution >= 0.6 is 15.9 Å². The van der Waals surface area contributed by atoms with Crippen LogP contribution in [0, 0.1) is 5.82 Å². The predicted octanol–water partition coefficient (Wildman–Crippen LogP) is 3.26. The summed E-state index contributed by atoms with van der Waals surface area (Å²) in [6.45, 7) is 2.11. The van der Waals surface area contributed by atoms with Crippen molar-refractivity contribution < 1.29 is 18.7 Å². The Hall–Kier alpha value is -4.02. The van der Waals surface area contributed by atoms with Crippen LogP contribution in [-0.2, 0) is 20.7 Å². The molecule has 2 aliphatic rings. The molecule has 4 aromatic rings. The second-order valence-electron chi connectivity index (χ2n) is 9.12. The van der Waals surface area contributed by atoms with E-state index in [1.165, 1.54) is 12.1 Å². The van der Waals surface area contributed by atoms with Crippen LogP contribution in [0.3, 0.4) is 0 Å². The first-order chi connectivity index (χ1) is 18.4. The highest BCUT2D eigenvalue weighted by atomic mass is 79.9. The van der Waals surface area contributed by atoms with Gasteiger partial charge in [-0.2, -0.15) is 5.10 Å². The minimum Gasteiger partial charge on any atom is -0.341 e. The Bertz CT molecular complexity index is 1690. The van der Waals surface area contributed by atoms with E-state index in [1.54, 1.807) is 22.6 Å². The number of pyridine rings is 1. The Labute approximate surface area is 225 Å². The molecule has 2 atom stereocenters. The summed E-state index contributed by atoms with van der Waals surface area (Å²) in [5.74, 6) is -0.854. The molecule has 0 spiro atoms. The van der Waals surface area contributed by atoms with Gasteiger partial charge in [-0.05, 0) is 67.4 Å². The standard InChI is InChI=1S/C28H21BrFN5O3/c1-16-27(37)34(11-10-17-2-8-23-18(12-17)13-25(36)32-23)28(38-16)22-15-35(21-6-3-19(29)4-7-21)33-26(22)24-9-5-20(30)14-31-24/h2-9,12-16,28H,10-11H2,1H3/t16-,28-/m1/s1. The van der Waals surface area contributed by atoms with E-state index < -0.39 is 18.1 Å². The fraction of sp³-hybridized carbons (Fsp3) is 0.179. The second kappa shape index (κ2) is 9.70. The fourth-order valence-electron chi connectivity index (χ4n) is 4.66. The summed E-state index contributed by atoms with van der Waals surface area (Å²) in [5, 5.41) is 6.19. The van der Waals surface area contributed by atoms with Crippen molar-refractivity contribution in [3.8, 4) is 17.1 Å². The third-order valence-electron chi connectivity index (χ3n) is 6.56. The van der Waals surface area contributed by atoms with E-state index in [4.69, 9.17) is 9.84 Å². The summed E-state index contributed by atoms with van der Waals surface area (Å²) >= 11 is 3.45. The minimum atomic E-state index is -0.707. The van der Waals surface area contributed by atoms with Crippen molar-refractivity contribution in [1.82, 2.24) is 19.7 Å². The number of rotatable bonds is 6. The van der Waals surface area contributed by atoms with Gasteiger partial charge in [-0.1, -0.05) is 22.0 Å². The van der Waals surface area contributed by atoms with E-state index in [0.29, 0.717) is 35.3 Å². The largest absolute Gasteiger partial charge is 0.341 e. The molecule has 2 aromatic carbocycles. The molecule has 0 bridgehead atoms. The molecule has 4 heterocycles. The molecular formula is C28H21BrFN5O3. The molecule has 2 aliphatic heterocycles. The Morgan fingerprint density at radius 3 is 2.66 bits per heavy atom. The van der Waals surface area contributed by atoms with Gasteiger partial charge in [0.15, 0.2) is 6.23 Å². The molecule has 0 unspecified atom stereocenters. The van der Waals surface area contributed by atoms with Crippen LogP contribution in [0.2, 0.25) is 0 Å². The van der Waals surface area contributed by atoms with E-state index in [2.05, 4.69) is 25.9 Å². The highest BCUT2D eigenvalue weighted by Crippen LogP contribution is 2.37. The molecule has 38 heavy (non-hydrogen) atoms. The maximum atomic E-state index is 13.6. The third kappa shape index (κ3) is 4.57. The molecular weight excluding hydrogens is 553 g/mol. The van der Waals surface area contributed by atoms with Crippen molar-refractivity contribution in [1.29, 1.82) is 0 Å². The van der Waals surface area contributed by atoms with Crippen molar-refractivity contribution in [3.63, 3.8) is 0 Å². The van der Waals surface area contributed by atoms with Gasteiger partial charge in [0.1, 0.15) is 17.6 Å². The van der Waals surface area contributed by atoms with Crippen LogP contribution < -0.4 is 10.6 Å². The highest BCUT2D eigenvalue weighted by Gasteiger charge is 2.41. The molecule has 10 heteroatoms. The first kappa shape index (κ1) is 24.3. The average Bonchev–Trinajstić information content (AvgIpc) is 3.58. The number of amides is 2. The SMILES string of the molecule is C[C@H]1O[C@H](c2cn(-c3ccc(Br)cc3)nc2-c2ccc(F)cn2)N(CCc2ccc3c(c2)=CC(=O)N=3)C1=O. The number of hydrogen-bond donors (Lipinski definition) is 0. The Kier molecular flexibility index (Phi) is 6.21. The zero-order valence-corrected chi connectivity index (χ0v) is 21.8. The predicted molar refractivity (Wildman–Crippen MR) is 140 cm³/mol. The van der Waals surface area contributed by atoms with Gasteiger partial charge in [0, 0.05) is 34.1 Å². The maximum absolute atomic E-state index is 13.6. The Balaban J connectivity index is 1.36. The van der Waals surface area contributed by atoms with Crippen molar-refractivity contribution >= 4 is 33.8 Å². The molecule has 0 N–H and O–H groups in total. The third-order valence-corrected chi connectivity index (χ3v) is 7.09. The smallest absolute Gasteiger partial charge is 0.270 e. The van der Waals surface area contributed by atoms with Crippen LogP contribution in [0.5, 0.6) is 0 Å². The minimum absolute atomic E-state index is 0.137. The highest BCUT2D eigenvalue weighted by molar-refractivity contribution is 9.10. The van der Waals surface area contributed by atoms with Crippen molar-refractivity contribution in [2.45, 2.75) is 25.7 Å². The number of fused-ring (bicyclic) bond motifs is 1. The topological polar surface area (TPSA) is 89.7 Å². The number of ether oxygens (including phenoxy) is 1. The van der Waals surface area contributed by atoms with E-state index in [9.17, 15) is 14.0 Å². The van der Waals surface area contributed by atoms with E-state index in [-0.39, 0.29) is 11.8 Å². The lowest BCUT2D eigenvalue weighted by molar-refractivity contribution is -0.130. The van der Waals surface area contributed by atoms with Crippen LogP contribution in [0.1, 0.15) is 24.3 Å². The summed E-state index contributed by atoms with van der Waals surface area (Å²) in [7, 11) is 0. The van der Waals surface area contributed by atoms with Crippen LogP contribution in [0.25, 0.3) is 23.2 Å². The number of hydrogen-bond acceptors (Lipinski definition) is 5. The van der Waals surface area contributed by atoms with Crippen LogP contribution in [0.15, 0.2) is 76.5 Å². The number of halogens is 2. The molecule has 1 fully saturated rings. The van der Waals surface area contributed by atoms with Gasteiger partial charge in [0.25, 0.3) is 11.8 Å². The molecule has 1 saturated heterocycles. The van der Waals surface area contributed by atoms with Gasteiger partial charge in [0.2, 0.25) is 0 Å². The Morgan fingerprint density at radius 1 is 1.08 bits per heavy atom. The Morgan fingerprint density at radius 2 is 1.89 bits per heavy atom. The van der Waals surface area contributed by atoms with Gasteiger partial charge >= 0.3 is 0 Å². The van der Waals surface area contributed by atoms with Crippen molar-refractivity contribution in [2.75, 3.05) is 6.54 Å². The summed E-state index contributed by atoms with van der Waals surface area (Å²) in [5.41, 5.74) is 3.40. The molecule has 2 aromatic heterocycles. The quantitative estimate of drug-likeness (QED) is 0.353. The molecule has 6 rings (SSSR count). The second-order valence-corrected chi connectivity index (χ2v) is 10.0. The number of carbonyl (C=O) groups excluding carboxylic acids is 2. The zero-order chi connectivity index (χ0) is 26.4. The number of aromatic nitrogens is 3. The fourth-order valence-corrected chi connectivity index (χ4v) is 4.93. The summed E-state index contributed by atoms with van der Waals surface area (Å²) < 4.78 is 22.4.